The molecular weight excluding hydrogens is 372 g/mol. The lowest BCUT2D eigenvalue weighted by Gasteiger charge is -2.20. The maximum Gasteiger partial charge on any atom is 0.267 e. The van der Waals surface area contributed by atoms with Gasteiger partial charge in [-0.15, -0.1) is 0 Å². The molecule has 3 rings (SSSR count). The highest BCUT2D eigenvalue weighted by molar-refractivity contribution is 6.40. The summed E-state index contributed by atoms with van der Waals surface area (Å²) in [6.07, 6.45) is 0.232. The van der Waals surface area contributed by atoms with E-state index < -0.39 is 6.04 Å². The summed E-state index contributed by atoms with van der Waals surface area (Å²) in [7, 11) is 0. The summed E-state index contributed by atoms with van der Waals surface area (Å²) in [6, 6.07) is 14.6. The third kappa shape index (κ3) is 4.98. The molecular formula is C21H22N4O4. The SMILES string of the molecule is CC(=O)C1CC(C(=O)NCCNC(=O)c2ccc(O)cc2)=NN1c1ccccc1. The Morgan fingerprint density at radius 2 is 1.62 bits per heavy atom. The average molecular weight is 394 g/mol. The average Bonchev–Trinajstić information content (AvgIpc) is 3.18. The zero-order valence-electron chi connectivity index (χ0n) is 16.0. The van der Waals surface area contributed by atoms with Gasteiger partial charge in [0.25, 0.3) is 11.8 Å². The molecule has 0 spiro atoms. The van der Waals surface area contributed by atoms with Crippen LogP contribution >= 0.6 is 0 Å². The lowest BCUT2D eigenvalue weighted by molar-refractivity contribution is -0.118. The molecule has 1 atom stereocenters. The number of amides is 2. The Hall–Kier alpha value is -3.68. The molecule has 0 bridgehead atoms. The Balaban J connectivity index is 1.53. The van der Waals surface area contributed by atoms with Crippen LogP contribution in [0.2, 0.25) is 0 Å². The fraction of sp³-hybridized carbons (Fsp3) is 0.238. The molecule has 1 aliphatic rings. The van der Waals surface area contributed by atoms with E-state index in [1.54, 1.807) is 5.01 Å². The summed E-state index contributed by atoms with van der Waals surface area (Å²) >= 11 is 0. The Morgan fingerprint density at radius 3 is 2.24 bits per heavy atom. The molecule has 0 saturated heterocycles. The minimum Gasteiger partial charge on any atom is -0.508 e. The van der Waals surface area contributed by atoms with Gasteiger partial charge >= 0.3 is 0 Å². The van der Waals surface area contributed by atoms with E-state index in [4.69, 9.17) is 0 Å². The van der Waals surface area contributed by atoms with Crippen molar-refractivity contribution in [3.05, 3.63) is 60.2 Å². The van der Waals surface area contributed by atoms with E-state index in [2.05, 4.69) is 15.7 Å². The number of rotatable bonds is 7. The molecule has 0 fully saturated rings. The Bertz CT molecular complexity index is 925. The van der Waals surface area contributed by atoms with E-state index in [-0.39, 0.29) is 48.6 Å². The fourth-order valence-corrected chi connectivity index (χ4v) is 2.95. The lowest BCUT2D eigenvalue weighted by Crippen LogP contribution is -2.38. The predicted octanol–water partition coefficient (Wildman–Crippen LogP) is 1.46. The second kappa shape index (κ2) is 9.01. The van der Waals surface area contributed by atoms with E-state index in [1.165, 1.54) is 31.2 Å². The number of nitrogens with zero attached hydrogens (tertiary/aromatic N) is 2. The number of anilines is 1. The number of benzene rings is 2. The van der Waals surface area contributed by atoms with Crippen LogP contribution in [-0.4, -0.2) is 47.5 Å². The van der Waals surface area contributed by atoms with Crippen molar-refractivity contribution in [3.8, 4) is 5.75 Å². The van der Waals surface area contributed by atoms with Crippen LogP contribution in [-0.2, 0) is 9.59 Å². The van der Waals surface area contributed by atoms with E-state index in [1.807, 2.05) is 30.3 Å². The smallest absolute Gasteiger partial charge is 0.267 e. The Kier molecular flexibility index (Phi) is 6.23. The number of hydrogen-bond donors (Lipinski definition) is 3. The highest BCUT2D eigenvalue weighted by Crippen LogP contribution is 2.24. The van der Waals surface area contributed by atoms with Gasteiger partial charge in [-0.3, -0.25) is 19.4 Å². The molecule has 3 N–H and O–H groups in total. The largest absolute Gasteiger partial charge is 0.508 e. The summed E-state index contributed by atoms with van der Waals surface area (Å²) < 4.78 is 0. The normalized spacial score (nSPS) is 15.6. The first-order valence-electron chi connectivity index (χ1n) is 9.23. The topological polar surface area (TPSA) is 111 Å². The number of aromatic hydroxyl groups is 1. The summed E-state index contributed by atoms with van der Waals surface area (Å²) in [6.45, 7) is 1.94. The van der Waals surface area contributed by atoms with Gasteiger partial charge < -0.3 is 15.7 Å². The molecule has 1 heterocycles. The van der Waals surface area contributed by atoms with Crippen LogP contribution in [0.1, 0.15) is 23.7 Å². The number of ketones is 1. The van der Waals surface area contributed by atoms with Crippen LogP contribution in [0, 0.1) is 0 Å². The number of para-hydroxylation sites is 1. The highest BCUT2D eigenvalue weighted by atomic mass is 16.3. The van der Waals surface area contributed by atoms with Crippen LogP contribution in [0.3, 0.4) is 0 Å². The zero-order valence-corrected chi connectivity index (χ0v) is 16.0. The molecule has 0 aromatic heterocycles. The van der Waals surface area contributed by atoms with Crippen molar-refractivity contribution < 1.29 is 19.5 Å². The van der Waals surface area contributed by atoms with E-state index in [0.29, 0.717) is 5.56 Å². The van der Waals surface area contributed by atoms with Crippen molar-refractivity contribution in [1.29, 1.82) is 0 Å². The number of hydrazone groups is 1. The molecule has 2 amide bonds. The fourth-order valence-electron chi connectivity index (χ4n) is 2.95. The molecule has 1 aliphatic heterocycles. The second-order valence-corrected chi connectivity index (χ2v) is 6.62. The first kappa shape index (κ1) is 20.1. The molecule has 2 aromatic rings. The van der Waals surface area contributed by atoms with Crippen LogP contribution in [0.5, 0.6) is 5.75 Å². The van der Waals surface area contributed by atoms with Gasteiger partial charge in [0.15, 0.2) is 5.78 Å². The van der Waals surface area contributed by atoms with Gasteiger partial charge in [-0.1, -0.05) is 18.2 Å². The van der Waals surface area contributed by atoms with E-state index in [0.717, 1.165) is 5.69 Å². The van der Waals surface area contributed by atoms with Crippen molar-refractivity contribution in [2.45, 2.75) is 19.4 Å². The molecule has 2 aromatic carbocycles. The van der Waals surface area contributed by atoms with E-state index in [9.17, 15) is 19.5 Å². The minimum atomic E-state index is -0.507. The van der Waals surface area contributed by atoms with Crippen LogP contribution < -0.4 is 15.6 Å². The van der Waals surface area contributed by atoms with Crippen molar-refractivity contribution in [1.82, 2.24) is 10.6 Å². The summed E-state index contributed by atoms with van der Waals surface area (Å²) in [4.78, 5) is 36.4. The highest BCUT2D eigenvalue weighted by Gasteiger charge is 2.33. The Labute approximate surface area is 168 Å². The molecule has 0 aliphatic carbocycles. The maximum absolute atomic E-state index is 12.4. The molecule has 29 heavy (non-hydrogen) atoms. The predicted molar refractivity (Wildman–Crippen MR) is 109 cm³/mol. The first-order chi connectivity index (χ1) is 14.0. The minimum absolute atomic E-state index is 0.0680. The van der Waals surface area contributed by atoms with Crippen molar-refractivity contribution in [3.63, 3.8) is 0 Å². The quantitative estimate of drug-likeness (QED) is 0.616. The number of carbonyl (C=O) groups excluding carboxylic acids is 3. The maximum atomic E-state index is 12.4. The molecule has 1 unspecified atom stereocenters. The lowest BCUT2D eigenvalue weighted by atomic mass is 10.1. The monoisotopic (exact) mass is 394 g/mol. The van der Waals surface area contributed by atoms with Crippen molar-refractivity contribution in [2.75, 3.05) is 18.1 Å². The van der Waals surface area contributed by atoms with Crippen LogP contribution in [0.4, 0.5) is 5.69 Å². The molecule has 8 heteroatoms. The molecule has 150 valence electrons. The van der Waals surface area contributed by atoms with Crippen LogP contribution in [0.25, 0.3) is 0 Å². The van der Waals surface area contributed by atoms with Crippen LogP contribution in [0.15, 0.2) is 59.7 Å². The zero-order chi connectivity index (χ0) is 20.8. The Morgan fingerprint density at radius 1 is 1.00 bits per heavy atom. The third-order valence-corrected chi connectivity index (χ3v) is 4.49. The molecule has 0 radical (unpaired) electrons. The van der Waals surface area contributed by atoms with Gasteiger partial charge in [0, 0.05) is 25.1 Å². The molecule has 8 nitrogen and oxygen atoms in total. The number of phenolic OH excluding ortho intramolecular Hbond substituents is 1. The van der Waals surface area contributed by atoms with Crippen molar-refractivity contribution >= 4 is 29.0 Å². The number of Topliss-reactive ketones (excluding diaryl/α,β-unsaturated/α-hetero) is 1. The van der Waals surface area contributed by atoms with Crippen molar-refractivity contribution in [2.24, 2.45) is 5.10 Å². The summed E-state index contributed by atoms with van der Waals surface area (Å²) in [5.41, 5.74) is 1.44. The second-order valence-electron chi connectivity index (χ2n) is 6.62. The number of carbonyl (C=O) groups is 3. The summed E-state index contributed by atoms with van der Waals surface area (Å²) in [5, 5.41) is 20.6. The van der Waals surface area contributed by atoms with Gasteiger partial charge in [-0.05, 0) is 43.3 Å². The van der Waals surface area contributed by atoms with Gasteiger partial charge in [0.05, 0.1) is 5.69 Å². The number of nitrogens with one attached hydrogen (secondary N) is 2. The van der Waals surface area contributed by atoms with Gasteiger partial charge in [-0.25, -0.2) is 0 Å². The number of hydrogen-bond acceptors (Lipinski definition) is 6. The third-order valence-electron chi connectivity index (χ3n) is 4.49. The molecule has 0 saturated carbocycles. The van der Waals surface area contributed by atoms with Gasteiger partial charge in [-0.2, -0.15) is 5.10 Å². The standard InChI is InChI=1S/C21H22N4O4/c1-14(26)19-13-18(24-25(19)16-5-3-2-4-6-16)21(29)23-12-11-22-20(28)15-7-9-17(27)10-8-15/h2-10,19,27H,11-13H2,1H3,(H,22,28)(H,23,29). The van der Waals surface area contributed by atoms with Gasteiger partial charge in [0.2, 0.25) is 0 Å². The first-order valence-corrected chi connectivity index (χ1v) is 9.23. The number of phenols is 1. The van der Waals surface area contributed by atoms with E-state index >= 15 is 0 Å². The summed E-state index contributed by atoms with van der Waals surface area (Å²) in [5.74, 6) is -0.654. The van der Waals surface area contributed by atoms with Gasteiger partial charge in [0.1, 0.15) is 17.5 Å².